The van der Waals surface area contributed by atoms with Gasteiger partial charge < -0.3 is 14.2 Å². The average Bonchev–Trinajstić information content (AvgIpc) is 2.85. The summed E-state index contributed by atoms with van der Waals surface area (Å²) >= 11 is 0. The summed E-state index contributed by atoms with van der Waals surface area (Å²) in [6, 6.07) is 12.4. The molecule has 1 aliphatic rings. The van der Waals surface area contributed by atoms with Crippen LogP contribution in [0.15, 0.2) is 48.2 Å². The number of ether oxygens (including phenoxy) is 3. The predicted octanol–water partition coefficient (Wildman–Crippen LogP) is 3.16. The monoisotopic (exact) mass is 324 g/mol. The average molecular weight is 324 g/mol. The highest BCUT2D eigenvalue weighted by atomic mass is 16.6. The highest BCUT2D eigenvalue weighted by Gasteiger charge is 2.28. The largest absolute Gasteiger partial charge is 0.452 e. The first-order valence-electron chi connectivity index (χ1n) is 7.41. The third kappa shape index (κ3) is 3.36. The van der Waals surface area contributed by atoms with Crippen LogP contribution in [0.3, 0.4) is 0 Å². The Balaban J connectivity index is 1.82. The van der Waals surface area contributed by atoms with Gasteiger partial charge in [0.1, 0.15) is 18.1 Å². The fourth-order valence-electron chi connectivity index (χ4n) is 2.32. The van der Waals surface area contributed by atoms with Crippen LogP contribution in [0.5, 0.6) is 11.5 Å². The maximum Gasteiger partial charge on any atom is 0.337 e. The molecule has 0 saturated heterocycles. The lowest BCUT2D eigenvalue weighted by Crippen LogP contribution is -2.14. The Bertz CT molecular complexity index is 818. The molecule has 1 aliphatic heterocycles. The van der Waals surface area contributed by atoms with Gasteiger partial charge in [0.25, 0.3) is 0 Å². The summed E-state index contributed by atoms with van der Waals surface area (Å²) in [6.07, 6.45) is 1.69. The van der Waals surface area contributed by atoms with Crippen LogP contribution in [0.4, 0.5) is 0 Å². The number of fused-ring (bicyclic) bond motifs is 1. The quantitative estimate of drug-likeness (QED) is 0.491. The molecule has 0 bridgehead atoms. The number of carbonyl (C=O) groups is 2. The third-order valence-corrected chi connectivity index (χ3v) is 3.51. The highest BCUT2D eigenvalue weighted by Crippen LogP contribution is 2.34. The van der Waals surface area contributed by atoms with Crippen molar-refractivity contribution in [1.29, 1.82) is 0 Å². The predicted molar refractivity (Wildman–Crippen MR) is 88.1 cm³/mol. The van der Waals surface area contributed by atoms with Crippen molar-refractivity contribution in [3.05, 3.63) is 64.9 Å². The summed E-state index contributed by atoms with van der Waals surface area (Å²) in [4.78, 5) is 23.8. The molecule has 0 aliphatic carbocycles. The van der Waals surface area contributed by atoms with E-state index in [1.165, 1.54) is 13.2 Å². The first-order chi connectivity index (χ1) is 11.6. The van der Waals surface area contributed by atoms with Crippen LogP contribution in [-0.4, -0.2) is 25.5 Å². The molecule has 0 aromatic heterocycles. The zero-order chi connectivity index (χ0) is 17.1. The van der Waals surface area contributed by atoms with Gasteiger partial charge in [0.15, 0.2) is 5.76 Å². The second-order valence-electron chi connectivity index (χ2n) is 5.42. The maximum atomic E-state index is 12.4. The van der Waals surface area contributed by atoms with Gasteiger partial charge in [0.2, 0.25) is 5.78 Å². The van der Waals surface area contributed by atoms with Crippen molar-refractivity contribution in [2.24, 2.45) is 0 Å². The van der Waals surface area contributed by atoms with Gasteiger partial charge in [-0.3, -0.25) is 4.79 Å². The van der Waals surface area contributed by atoms with Gasteiger partial charge in [-0.1, -0.05) is 29.8 Å². The minimum atomic E-state index is -0.516. The number of Topliss-reactive ketones (excluding diaryl/α,β-unsaturated/α-hetero) is 1. The Morgan fingerprint density at radius 1 is 1.17 bits per heavy atom. The SMILES string of the molecule is COCC(=O)Oc1ccc2c(c1)O/C(=C\c1ccc(C)cc1)C2=O. The number of aryl methyl sites for hydroxylation is 1. The van der Waals surface area contributed by atoms with E-state index in [9.17, 15) is 9.59 Å². The first-order valence-corrected chi connectivity index (χ1v) is 7.41. The van der Waals surface area contributed by atoms with E-state index in [1.807, 2.05) is 31.2 Å². The van der Waals surface area contributed by atoms with Crippen LogP contribution >= 0.6 is 0 Å². The number of benzene rings is 2. The summed E-state index contributed by atoms with van der Waals surface area (Å²) < 4.78 is 15.4. The Labute approximate surface area is 139 Å². The first kappa shape index (κ1) is 16.0. The van der Waals surface area contributed by atoms with E-state index in [-0.39, 0.29) is 18.1 Å². The van der Waals surface area contributed by atoms with Gasteiger partial charge >= 0.3 is 5.97 Å². The molecule has 5 nitrogen and oxygen atoms in total. The van der Waals surface area contributed by atoms with Crippen LogP contribution < -0.4 is 9.47 Å². The molecule has 122 valence electrons. The van der Waals surface area contributed by atoms with Crippen LogP contribution in [0.2, 0.25) is 0 Å². The van der Waals surface area contributed by atoms with Crippen molar-refractivity contribution in [2.75, 3.05) is 13.7 Å². The fraction of sp³-hybridized carbons (Fsp3) is 0.158. The highest BCUT2D eigenvalue weighted by molar-refractivity contribution is 6.14. The van der Waals surface area contributed by atoms with E-state index in [0.717, 1.165) is 11.1 Å². The Morgan fingerprint density at radius 3 is 2.62 bits per heavy atom. The van der Waals surface area contributed by atoms with Gasteiger partial charge in [-0.25, -0.2) is 4.79 Å². The molecule has 5 heteroatoms. The van der Waals surface area contributed by atoms with E-state index in [2.05, 4.69) is 0 Å². The number of methoxy groups -OCH3 is 1. The van der Waals surface area contributed by atoms with Gasteiger partial charge in [-0.2, -0.15) is 0 Å². The zero-order valence-electron chi connectivity index (χ0n) is 13.4. The molecular weight excluding hydrogens is 308 g/mol. The number of allylic oxidation sites excluding steroid dienone is 1. The lowest BCUT2D eigenvalue weighted by atomic mass is 10.1. The number of rotatable bonds is 4. The molecule has 0 amide bonds. The Kier molecular flexibility index (Phi) is 4.44. The van der Waals surface area contributed by atoms with Crippen molar-refractivity contribution < 1.29 is 23.8 Å². The summed E-state index contributed by atoms with van der Waals surface area (Å²) in [5.74, 6) is 0.216. The van der Waals surface area contributed by atoms with Crippen LogP contribution in [0.25, 0.3) is 6.08 Å². The zero-order valence-corrected chi connectivity index (χ0v) is 13.4. The van der Waals surface area contributed by atoms with Crippen molar-refractivity contribution in [3.8, 4) is 11.5 Å². The number of carbonyl (C=O) groups excluding carboxylic acids is 2. The number of ketones is 1. The van der Waals surface area contributed by atoms with Gasteiger partial charge in [-0.05, 0) is 30.7 Å². The molecule has 0 N–H and O–H groups in total. The van der Waals surface area contributed by atoms with E-state index in [4.69, 9.17) is 14.2 Å². The van der Waals surface area contributed by atoms with Crippen molar-refractivity contribution in [3.63, 3.8) is 0 Å². The maximum absolute atomic E-state index is 12.4. The van der Waals surface area contributed by atoms with E-state index >= 15 is 0 Å². The van der Waals surface area contributed by atoms with Crippen LogP contribution in [0.1, 0.15) is 21.5 Å². The second-order valence-corrected chi connectivity index (χ2v) is 5.42. The van der Waals surface area contributed by atoms with Gasteiger partial charge in [0, 0.05) is 13.2 Å². The summed E-state index contributed by atoms with van der Waals surface area (Å²) in [5.41, 5.74) is 2.46. The van der Waals surface area contributed by atoms with Crippen molar-refractivity contribution >= 4 is 17.8 Å². The summed E-state index contributed by atoms with van der Waals surface area (Å²) in [7, 11) is 1.41. The van der Waals surface area contributed by atoms with Crippen molar-refractivity contribution in [1.82, 2.24) is 0 Å². The van der Waals surface area contributed by atoms with E-state index < -0.39 is 5.97 Å². The molecule has 2 aromatic carbocycles. The van der Waals surface area contributed by atoms with Gasteiger partial charge in [-0.15, -0.1) is 0 Å². The lowest BCUT2D eigenvalue weighted by molar-refractivity contribution is -0.138. The second kappa shape index (κ2) is 6.68. The molecule has 0 atom stereocenters. The molecule has 0 fully saturated rings. The molecule has 24 heavy (non-hydrogen) atoms. The molecule has 0 unspecified atom stereocenters. The minimum Gasteiger partial charge on any atom is -0.452 e. The molecule has 1 heterocycles. The van der Waals surface area contributed by atoms with Crippen LogP contribution in [-0.2, 0) is 9.53 Å². The Morgan fingerprint density at radius 2 is 1.92 bits per heavy atom. The Hall–Kier alpha value is -2.92. The lowest BCUT2D eigenvalue weighted by Gasteiger charge is -2.04. The molecule has 2 aromatic rings. The number of hydrogen-bond donors (Lipinski definition) is 0. The molecular formula is C19H16O5. The van der Waals surface area contributed by atoms with Crippen molar-refractivity contribution in [2.45, 2.75) is 6.92 Å². The molecule has 0 spiro atoms. The summed E-state index contributed by atoms with van der Waals surface area (Å²) in [5, 5.41) is 0. The summed E-state index contributed by atoms with van der Waals surface area (Å²) in [6.45, 7) is 1.85. The van der Waals surface area contributed by atoms with E-state index in [1.54, 1.807) is 18.2 Å². The number of hydrogen-bond acceptors (Lipinski definition) is 5. The normalized spacial score (nSPS) is 14.4. The molecule has 0 saturated carbocycles. The molecule has 0 radical (unpaired) electrons. The number of esters is 1. The standard InChI is InChI=1S/C19H16O5/c1-12-3-5-13(6-4-12)9-17-19(21)15-8-7-14(10-16(15)24-17)23-18(20)11-22-2/h3-10H,11H2,1-2H3/b17-9-. The fourth-order valence-corrected chi connectivity index (χ4v) is 2.32. The smallest absolute Gasteiger partial charge is 0.337 e. The van der Waals surface area contributed by atoms with Crippen LogP contribution in [0, 0.1) is 6.92 Å². The topological polar surface area (TPSA) is 61.8 Å². The molecule has 3 rings (SSSR count). The third-order valence-electron chi connectivity index (χ3n) is 3.51. The van der Waals surface area contributed by atoms with E-state index in [0.29, 0.717) is 17.1 Å². The minimum absolute atomic E-state index is 0.143. The van der Waals surface area contributed by atoms with Gasteiger partial charge in [0.05, 0.1) is 5.56 Å².